The molecule has 0 radical (unpaired) electrons. The Hall–Kier alpha value is -3.17. The lowest BCUT2D eigenvalue weighted by atomic mass is 9.94. The molecule has 0 saturated carbocycles. The highest BCUT2D eigenvalue weighted by molar-refractivity contribution is 5.85. The molecule has 0 saturated heterocycles. The molecule has 0 aromatic heterocycles. The molecule has 1 amide bonds. The molecule has 3 rings (SSSR count). The van der Waals surface area contributed by atoms with E-state index in [0.717, 1.165) is 6.29 Å². The molecule has 2 aromatic rings. The van der Waals surface area contributed by atoms with Crippen LogP contribution in [0.15, 0.2) is 54.6 Å². The summed E-state index contributed by atoms with van der Waals surface area (Å²) < 4.78 is 42.2. The zero-order valence-corrected chi connectivity index (χ0v) is 19.3. The van der Waals surface area contributed by atoms with Gasteiger partial charge in [-0.15, -0.1) is 0 Å². The fraction of sp³-hybridized carbons (Fsp3) is 0.360. The van der Waals surface area contributed by atoms with Crippen LogP contribution in [0.1, 0.15) is 31.4 Å². The molecule has 1 aliphatic heterocycles. The lowest BCUT2D eigenvalue weighted by molar-refractivity contribution is -0.129. The Kier molecular flexibility index (Phi) is 8.11. The monoisotopic (exact) mass is 474 g/mol. The van der Waals surface area contributed by atoms with Crippen molar-refractivity contribution in [1.82, 2.24) is 16.1 Å². The number of carbonyl (C=O) groups excluding carboxylic acids is 2. The van der Waals surface area contributed by atoms with Crippen molar-refractivity contribution in [1.29, 1.82) is 0 Å². The third kappa shape index (κ3) is 5.66. The van der Waals surface area contributed by atoms with Crippen LogP contribution in [-0.4, -0.2) is 32.0 Å². The van der Waals surface area contributed by atoms with Gasteiger partial charge in [-0.1, -0.05) is 32.0 Å². The van der Waals surface area contributed by atoms with Crippen LogP contribution in [0.5, 0.6) is 0 Å². The lowest BCUT2D eigenvalue weighted by Gasteiger charge is -2.26. The van der Waals surface area contributed by atoms with Gasteiger partial charge in [0, 0.05) is 24.4 Å². The van der Waals surface area contributed by atoms with Crippen molar-refractivity contribution in [3.05, 3.63) is 71.6 Å². The quantitative estimate of drug-likeness (QED) is 0.457. The maximum absolute atomic E-state index is 14.4. The number of nitrogens with one attached hydrogen (secondary N) is 3. The van der Waals surface area contributed by atoms with Gasteiger partial charge in [0.1, 0.15) is 18.3 Å². The Morgan fingerprint density at radius 3 is 2.56 bits per heavy atom. The highest BCUT2D eigenvalue weighted by atomic mass is 19.3. The highest BCUT2D eigenvalue weighted by Gasteiger charge is 2.32. The fourth-order valence-corrected chi connectivity index (χ4v) is 3.78. The van der Waals surface area contributed by atoms with Crippen molar-refractivity contribution in [2.24, 2.45) is 11.8 Å². The first-order valence-corrected chi connectivity index (χ1v) is 11.1. The van der Waals surface area contributed by atoms with Crippen molar-refractivity contribution in [3.63, 3.8) is 0 Å². The number of amides is 1. The van der Waals surface area contributed by atoms with Gasteiger partial charge in [0.15, 0.2) is 0 Å². The standard InChI is InChI=1S/C25H29F3N4O2/c1-4-25(27,28)18-7-5-6-17(12-18)22-13-23(30-24(34)21(14-29-3)16(2)15-33)31-32(22)20-10-8-19(26)9-11-20/h5-13,15-16,21,23,29,31H,4,14H2,1-3H3,(H,30,34)/t16?,21-,23?/m0/s1. The summed E-state index contributed by atoms with van der Waals surface area (Å²) in [5, 5.41) is 7.39. The molecule has 2 unspecified atom stereocenters. The first kappa shape index (κ1) is 25.5. The van der Waals surface area contributed by atoms with Crippen molar-refractivity contribution in [2.75, 3.05) is 18.6 Å². The molecule has 0 fully saturated rings. The number of hydrogen-bond acceptors (Lipinski definition) is 5. The van der Waals surface area contributed by atoms with Gasteiger partial charge in [-0.05, 0) is 49.0 Å². The largest absolute Gasteiger partial charge is 0.335 e. The maximum Gasteiger partial charge on any atom is 0.273 e. The van der Waals surface area contributed by atoms with Crippen LogP contribution in [0.3, 0.4) is 0 Å². The Morgan fingerprint density at radius 1 is 1.24 bits per heavy atom. The molecule has 34 heavy (non-hydrogen) atoms. The Bertz CT molecular complexity index is 1040. The number of anilines is 1. The summed E-state index contributed by atoms with van der Waals surface area (Å²) in [6.07, 6.45) is 1.42. The minimum Gasteiger partial charge on any atom is -0.335 e. The molecule has 0 spiro atoms. The van der Waals surface area contributed by atoms with Crippen LogP contribution in [-0.2, 0) is 15.5 Å². The predicted octanol–water partition coefficient (Wildman–Crippen LogP) is 3.81. The Balaban J connectivity index is 1.95. The number of rotatable bonds is 10. The van der Waals surface area contributed by atoms with E-state index in [0.29, 0.717) is 23.5 Å². The highest BCUT2D eigenvalue weighted by Crippen LogP contribution is 2.35. The average Bonchev–Trinajstić information content (AvgIpc) is 3.26. The van der Waals surface area contributed by atoms with Gasteiger partial charge in [-0.25, -0.2) is 18.6 Å². The summed E-state index contributed by atoms with van der Waals surface area (Å²) in [6, 6.07) is 11.7. The van der Waals surface area contributed by atoms with Crippen LogP contribution in [0.25, 0.3) is 5.70 Å². The van der Waals surface area contributed by atoms with Crippen LogP contribution >= 0.6 is 0 Å². The van der Waals surface area contributed by atoms with Crippen molar-refractivity contribution in [3.8, 4) is 0 Å². The van der Waals surface area contributed by atoms with Crippen LogP contribution in [0.2, 0.25) is 0 Å². The molecule has 3 atom stereocenters. The van der Waals surface area contributed by atoms with Gasteiger partial charge >= 0.3 is 0 Å². The first-order valence-electron chi connectivity index (χ1n) is 11.1. The van der Waals surface area contributed by atoms with E-state index in [1.54, 1.807) is 49.3 Å². The summed E-state index contributed by atoms with van der Waals surface area (Å²) in [6.45, 7) is 3.40. The second kappa shape index (κ2) is 10.8. The molecule has 1 heterocycles. The van der Waals surface area contributed by atoms with Gasteiger partial charge < -0.3 is 15.4 Å². The summed E-state index contributed by atoms with van der Waals surface area (Å²) in [4.78, 5) is 24.2. The van der Waals surface area contributed by atoms with Gasteiger partial charge in [0.05, 0.1) is 17.3 Å². The number of hydrogen-bond donors (Lipinski definition) is 3. The molecule has 6 nitrogen and oxygen atoms in total. The molecule has 182 valence electrons. The Morgan fingerprint density at radius 2 is 1.94 bits per heavy atom. The SMILES string of the molecule is CCC(F)(F)c1cccc(C2=CC(NC(=O)[C@@H](CNC)C(C)C=O)NN2c2ccc(F)cc2)c1. The number of halogens is 3. The minimum atomic E-state index is -2.98. The molecule has 9 heteroatoms. The van der Waals surface area contributed by atoms with Crippen molar-refractivity contribution in [2.45, 2.75) is 32.4 Å². The number of benzene rings is 2. The predicted molar refractivity (Wildman–Crippen MR) is 125 cm³/mol. The summed E-state index contributed by atoms with van der Waals surface area (Å²) in [7, 11) is 1.69. The normalized spacial score (nSPS) is 17.8. The van der Waals surface area contributed by atoms with Crippen LogP contribution < -0.4 is 21.1 Å². The van der Waals surface area contributed by atoms with Gasteiger partial charge in [-0.2, -0.15) is 0 Å². The van der Waals surface area contributed by atoms with Gasteiger partial charge in [0.2, 0.25) is 5.91 Å². The molecule has 2 aromatic carbocycles. The van der Waals surface area contributed by atoms with E-state index in [1.165, 1.54) is 31.2 Å². The molecular formula is C25H29F3N4O2. The number of alkyl halides is 2. The van der Waals surface area contributed by atoms with Crippen molar-refractivity contribution >= 4 is 23.6 Å². The van der Waals surface area contributed by atoms with Gasteiger partial charge in [-0.3, -0.25) is 9.80 Å². The van der Waals surface area contributed by atoms with E-state index in [-0.39, 0.29) is 17.9 Å². The lowest BCUT2D eigenvalue weighted by Crippen LogP contribution is -2.50. The third-order valence-electron chi connectivity index (χ3n) is 5.85. The van der Waals surface area contributed by atoms with E-state index in [2.05, 4.69) is 16.1 Å². The molecule has 1 aliphatic rings. The summed E-state index contributed by atoms with van der Waals surface area (Å²) in [5.41, 5.74) is 4.60. The van der Waals surface area contributed by atoms with E-state index in [9.17, 15) is 22.8 Å². The summed E-state index contributed by atoms with van der Waals surface area (Å²) >= 11 is 0. The van der Waals surface area contributed by atoms with Crippen molar-refractivity contribution < 1.29 is 22.8 Å². The Labute approximate surface area is 197 Å². The molecule has 0 bridgehead atoms. The third-order valence-corrected chi connectivity index (χ3v) is 5.85. The fourth-order valence-electron chi connectivity index (χ4n) is 3.78. The minimum absolute atomic E-state index is 0.117. The zero-order chi connectivity index (χ0) is 24.9. The topological polar surface area (TPSA) is 73.5 Å². The second-order valence-electron chi connectivity index (χ2n) is 8.28. The van der Waals surface area contributed by atoms with Crippen LogP contribution in [0.4, 0.5) is 18.9 Å². The van der Waals surface area contributed by atoms with E-state index in [4.69, 9.17) is 0 Å². The first-order chi connectivity index (χ1) is 16.2. The van der Waals surface area contributed by atoms with Gasteiger partial charge in [0.25, 0.3) is 5.92 Å². The number of nitrogens with zero attached hydrogens (tertiary/aromatic N) is 1. The maximum atomic E-state index is 14.4. The smallest absolute Gasteiger partial charge is 0.273 e. The summed E-state index contributed by atoms with van der Waals surface area (Å²) in [5.74, 6) is -4.83. The zero-order valence-electron chi connectivity index (χ0n) is 19.3. The number of aldehydes is 1. The molecule has 0 aliphatic carbocycles. The number of hydrazine groups is 1. The molecular weight excluding hydrogens is 445 g/mol. The average molecular weight is 475 g/mol. The van der Waals surface area contributed by atoms with E-state index >= 15 is 0 Å². The molecule has 3 N–H and O–H groups in total. The van der Waals surface area contributed by atoms with E-state index < -0.39 is 29.7 Å². The second-order valence-corrected chi connectivity index (χ2v) is 8.28. The number of carbonyl (C=O) groups is 2. The van der Waals surface area contributed by atoms with Crippen LogP contribution in [0, 0.1) is 17.7 Å². The van der Waals surface area contributed by atoms with E-state index in [1.807, 2.05) is 0 Å².